The second kappa shape index (κ2) is 4.44. The predicted octanol–water partition coefficient (Wildman–Crippen LogP) is 1.41. The molecule has 0 saturated heterocycles. The van der Waals surface area contributed by atoms with Gasteiger partial charge in [-0.15, -0.1) is 5.10 Å². The van der Waals surface area contributed by atoms with Gasteiger partial charge in [0.15, 0.2) is 0 Å². The molecule has 1 N–H and O–H groups in total. The van der Waals surface area contributed by atoms with Crippen LogP contribution in [0.5, 0.6) is 0 Å². The summed E-state index contributed by atoms with van der Waals surface area (Å²) in [5.74, 6) is -1.01. The van der Waals surface area contributed by atoms with Gasteiger partial charge in [-0.1, -0.05) is 18.2 Å². The molecule has 2 heterocycles. The monoisotopic (exact) mass is 271 g/mol. The summed E-state index contributed by atoms with van der Waals surface area (Å²) in [6.45, 7) is 2.01. The van der Waals surface area contributed by atoms with E-state index in [1.807, 2.05) is 20.2 Å². The number of hydrogen-bond donors (Lipinski definition) is 1. The molecule has 20 heavy (non-hydrogen) atoms. The molecule has 7 heteroatoms. The lowest BCUT2D eigenvalue weighted by molar-refractivity contribution is 0.0699. The van der Waals surface area contributed by atoms with E-state index in [1.165, 1.54) is 6.07 Å². The molecule has 0 aliphatic heterocycles. The van der Waals surface area contributed by atoms with Crippen molar-refractivity contribution in [1.29, 1.82) is 0 Å². The first-order valence-corrected chi connectivity index (χ1v) is 6.22. The summed E-state index contributed by atoms with van der Waals surface area (Å²) in [5, 5.41) is 21.6. The molecule has 0 aliphatic rings. The first kappa shape index (κ1) is 12.3. The smallest absolute Gasteiger partial charge is 0.338 e. The topological polar surface area (TPSA) is 85.8 Å². The number of aryl methyl sites for hydroxylation is 2. The third kappa shape index (κ3) is 1.75. The van der Waals surface area contributed by atoms with E-state index in [4.69, 9.17) is 0 Å². The summed E-state index contributed by atoms with van der Waals surface area (Å²) in [5.41, 5.74) is 2.90. The van der Waals surface area contributed by atoms with E-state index >= 15 is 0 Å². The number of carboxylic acids is 1. The summed E-state index contributed by atoms with van der Waals surface area (Å²) in [6, 6.07) is 5.01. The lowest BCUT2D eigenvalue weighted by Gasteiger charge is -2.01. The third-order valence-electron chi connectivity index (χ3n) is 3.15. The molecule has 3 rings (SSSR count). The number of aromatic nitrogens is 5. The molecule has 0 spiro atoms. The fourth-order valence-electron chi connectivity index (χ4n) is 2.25. The average molecular weight is 271 g/mol. The van der Waals surface area contributed by atoms with Crippen LogP contribution in [0.2, 0.25) is 0 Å². The molecular formula is C13H13N5O2. The molecular weight excluding hydrogens is 258 g/mol. The van der Waals surface area contributed by atoms with Gasteiger partial charge in [-0.3, -0.25) is 4.68 Å². The van der Waals surface area contributed by atoms with E-state index in [-0.39, 0.29) is 5.56 Å². The van der Waals surface area contributed by atoms with Gasteiger partial charge >= 0.3 is 5.97 Å². The van der Waals surface area contributed by atoms with Crippen molar-refractivity contribution in [2.45, 2.75) is 13.3 Å². The zero-order valence-electron chi connectivity index (χ0n) is 11.1. The van der Waals surface area contributed by atoms with Crippen LogP contribution in [0.25, 0.3) is 16.7 Å². The molecule has 3 aromatic rings. The van der Waals surface area contributed by atoms with Crippen molar-refractivity contribution in [2.24, 2.45) is 7.05 Å². The lowest BCUT2D eigenvalue weighted by atomic mass is 10.2. The molecule has 0 unspecified atom stereocenters. The van der Waals surface area contributed by atoms with Crippen molar-refractivity contribution in [2.75, 3.05) is 0 Å². The summed E-state index contributed by atoms with van der Waals surface area (Å²) >= 11 is 0. The van der Waals surface area contributed by atoms with Gasteiger partial charge in [-0.05, 0) is 18.6 Å². The second-order valence-electron chi connectivity index (χ2n) is 4.47. The summed E-state index contributed by atoms with van der Waals surface area (Å²) in [4.78, 5) is 11.2. The molecule has 7 nitrogen and oxygen atoms in total. The molecule has 0 amide bonds. The number of rotatable bonds is 3. The highest BCUT2D eigenvalue weighted by Crippen LogP contribution is 2.21. The van der Waals surface area contributed by atoms with E-state index in [2.05, 4.69) is 15.4 Å². The zero-order chi connectivity index (χ0) is 14.3. The first-order chi connectivity index (χ1) is 9.61. The Morgan fingerprint density at radius 3 is 2.90 bits per heavy atom. The van der Waals surface area contributed by atoms with Gasteiger partial charge in [0.2, 0.25) is 0 Å². The van der Waals surface area contributed by atoms with Gasteiger partial charge in [0.1, 0.15) is 11.2 Å². The minimum atomic E-state index is -1.01. The van der Waals surface area contributed by atoms with Crippen LogP contribution in [0.4, 0.5) is 0 Å². The Bertz CT molecular complexity index is 802. The molecule has 0 bridgehead atoms. The fraction of sp³-hybridized carbons (Fsp3) is 0.231. The SMILES string of the molecule is CCc1nn(C)cc1-n1nnc2c(C(=O)O)cccc21. The highest BCUT2D eigenvalue weighted by Gasteiger charge is 2.17. The number of carbonyl (C=O) groups is 1. The molecule has 2 aromatic heterocycles. The van der Waals surface area contributed by atoms with Crippen LogP contribution in [0.1, 0.15) is 23.0 Å². The maximum atomic E-state index is 11.2. The quantitative estimate of drug-likeness (QED) is 0.778. The number of hydrogen-bond acceptors (Lipinski definition) is 4. The predicted molar refractivity (Wildman–Crippen MR) is 72.0 cm³/mol. The molecule has 0 saturated carbocycles. The zero-order valence-corrected chi connectivity index (χ0v) is 11.1. The fourth-order valence-corrected chi connectivity index (χ4v) is 2.25. The van der Waals surface area contributed by atoms with Crippen molar-refractivity contribution in [1.82, 2.24) is 24.8 Å². The number of aromatic carboxylic acids is 1. The van der Waals surface area contributed by atoms with Gasteiger partial charge in [-0.2, -0.15) is 5.10 Å². The van der Waals surface area contributed by atoms with Crippen molar-refractivity contribution in [3.05, 3.63) is 35.7 Å². The maximum absolute atomic E-state index is 11.2. The normalized spacial score (nSPS) is 11.1. The highest BCUT2D eigenvalue weighted by atomic mass is 16.4. The third-order valence-corrected chi connectivity index (χ3v) is 3.15. The van der Waals surface area contributed by atoms with Gasteiger partial charge in [0, 0.05) is 7.05 Å². The summed E-state index contributed by atoms with van der Waals surface area (Å²) in [7, 11) is 1.84. The lowest BCUT2D eigenvalue weighted by Crippen LogP contribution is -2.00. The highest BCUT2D eigenvalue weighted by molar-refractivity contribution is 6.00. The van der Waals surface area contributed by atoms with E-state index in [1.54, 1.807) is 21.5 Å². The molecule has 0 atom stereocenters. The minimum Gasteiger partial charge on any atom is -0.478 e. The molecule has 0 aliphatic carbocycles. The van der Waals surface area contributed by atoms with Crippen molar-refractivity contribution < 1.29 is 9.90 Å². The Morgan fingerprint density at radius 2 is 2.20 bits per heavy atom. The molecule has 102 valence electrons. The van der Waals surface area contributed by atoms with Crippen molar-refractivity contribution in [3.8, 4) is 5.69 Å². The van der Waals surface area contributed by atoms with Crippen LogP contribution in [0, 0.1) is 0 Å². The van der Waals surface area contributed by atoms with E-state index in [0.29, 0.717) is 11.0 Å². The van der Waals surface area contributed by atoms with Crippen molar-refractivity contribution in [3.63, 3.8) is 0 Å². The molecule has 0 fully saturated rings. The van der Waals surface area contributed by atoms with Gasteiger partial charge in [0.25, 0.3) is 0 Å². The largest absolute Gasteiger partial charge is 0.478 e. The average Bonchev–Trinajstić information content (AvgIpc) is 3.00. The van der Waals surface area contributed by atoms with Crippen LogP contribution in [-0.4, -0.2) is 35.9 Å². The Labute approximate surface area is 114 Å². The van der Waals surface area contributed by atoms with Crippen LogP contribution >= 0.6 is 0 Å². The van der Waals surface area contributed by atoms with Gasteiger partial charge < -0.3 is 5.11 Å². The van der Waals surface area contributed by atoms with Crippen LogP contribution < -0.4 is 0 Å². The summed E-state index contributed by atoms with van der Waals surface area (Å²) in [6.07, 6.45) is 2.61. The molecule has 0 radical (unpaired) electrons. The number of nitrogens with zero attached hydrogens (tertiary/aromatic N) is 5. The van der Waals surface area contributed by atoms with Crippen LogP contribution in [0.15, 0.2) is 24.4 Å². The molecule has 1 aromatic carbocycles. The Balaban J connectivity index is 2.28. The number of carboxylic acid groups (broad SMARTS) is 1. The van der Waals surface area contributed by atoms with E-state index in [0.717, 1.165) is 17.8 Å². The van der Waals surface area contributed by atoms with E-state index < -0.39 is 5.97 Å². The van der Waals surface area contributed by atoms with Crippen LogP contribution in [-0.2, 0) is 13.5 Å². The second-order valence-corrected chi connectivity index (χ2v) is 4.47. The Kier molecular flexibility index (Phi) is 2.74. The standard InChI is InChI=1S/C13H13N5O2/c1-3-9-11(7-17(2)15-9)18-10-6-4-5-8(13(19)20)12(10)14-16-18/h4-7H,3H2,1-2H3,(H,19,20). The first-order valence-electron chi connectivity index (χ1n) is 6.22. The van der Waals surface area contributed by atoms with Gasteiger partial charge in [-0.25, -0.2) is 9.48 Å². The van der Waals surface area contributed by atoms with E-state index in [9.17, 15) is 9.90 Å². The van der Waals surface area contributed by atoms with Gasteiger partial charge in [0.05, 0.1) is 23.0 Å². The maximum Gasteiger partial charge on any atom is 0.338 e. The van der Waals surface area contributed by atoms with Crippen LogP contribution in [0.3, 0.4) is 0 Å². The Hall–Kier alpha value is -2.70. The minimum absolute atomic E-state index is 0.149. The van der Waals surface area contributed by atoms with Crippen molar-refractivity contribution >= 4 is 17.0 Å². The summed E-state index contributed by atoms with van der Waals surface area (Å²) < 4.78 is 3.34. The Morgan fingerprint density at radius 1 is 1.40 bits per heavy atom. The number of fused-ring (bicyclic) bond motifs is 1. The number of benzene rings is 1.